The molecule has 2 N–H and O–H groups in total. The summed E-state index contributed by atoms with van der Waals surface area (Å²) in [6.45, 7) is 2.72. The number of amides is 1. The van der Waals surface area contributed by atoms with Crippen LogP contribution in [-0.4, -0.2) is 44.2 Å². The Kier molecular flexibility index (Phi) is 4.17. The molecule has 1 atom stereocenters. The molecule has 5 heteroatoms. The van der Waals surface area contributed by atoms with Crippen molar-refractivity contribution in [1.82, 2.24) is 4.90 Å². The maximum Gasteiger partial charge on any atom is 0.239 e. The van der Waals surface area contributed by atoms with Gasteiger partial charge in [-0.1, -0.05) is 12.1 Å². The Morgan fingerprint density at radius 2 is 1.94 bits per heavy atom. The average molecular weight is 250 g/mol. The van der Waals surface area contributed by atoms with Gasteiger partial charge in [0, 0.05) is 13.1 Å². The van der Waals surface area contributed by atoms with E-state index in [1.165, 1.54) is 0 Å². The van der Waals surface area contributed by atoms with Crippen LogP contribution >= 0.6 is 0 Å². The molecule has 98 valence electrons. The van der Waals surface area contributed by atoms with E-state index in [4.69, 9.17) is 15.2 Å². The molecular weight excluding hydrogens is 232 g/mol. The van der Waals surface area contributed by atoms with Crippen LogP contribution in [0, 0.1) is 0 Å². The summed E-state index contributed by atoms with van der Waals surface area (Å²) in [4.78, 5) is 13.7. The minimum atomic E-state index is -0.389. The van der Waals surface area contributed by atoms with Crippen LogP contribution in [0.25, 0.3) is 0 Å². The summed E-state index contributed by atoms with van der Waals surface area (Å²) in [6, 6.07) is 7.05. The molecule has 1 aromatic carbocycles. The van der Waals surface area contributed by atoms with Gasteiger partial charge in [-0.3, -0.25) is 9.69 Å². The Morgan fingerprint density at radius 1 is 1.33 bits per heavy atom. The number of primary amides is 1. The van der Waals surface area contributed by atoms with Gasteiger partial charge in [0.15, 0.2) is 0 Å². The summed E-state index contributed by atoms with van der Waals surface area (Å²) < 4.78 is 10.4. The van der Waals surface area contributed by atoms with Gasteiger partial charge >= 0.3 is 0 Å². The monoisotopic (exact) mass is 250 g/mol. The molecule has 0 radical (unpaired) electrons. The van der Waals surface area contributed by atoms with Crippen molar-refractivity contribution in [1.29, 1.82) is 0 Å². The van der Waals surface area contributed by atoms with Crippen molar-refractivity contribution in [3.63, 3.8) is 0 Å². The normalized spacial score (nSPS) is 18.3. The Hall–Kier alpha value is -1.59. The lowest BCUT2D eigenvalue weighted by molar-refractivity contribution is -0.125. The third-order valence-corrected chi connectivity index (χ3v) is 3.11. The number of ether oxygens (including phenoxy) is 2. The first-order valence-corrected chi connectivity index (χ1v) is 5.97. The molecule has 0 bridgehead atoms. The predicted molar refractivity (Wildman–Crippen MR) is 67.3 cm³/mol. The summed E-state index contributed by atoms with van der Waals surface area (Å²) in [6.07, 6.45) is 0. The second-order valence-electron chi connectivity index (χ2n) is 4.23. The van der Waals surface area contributed by atoms with Crippen molar-refractivity contribution in [2.24, 2.45) is 5.73 Å². The summed E-state index contributed by atoms with van der Waals surface area (Å²) in [5.74, 6) is 0.436. The summed E-state index contributed by atoms with van der Waals surface area (Å²) in [7, 11) is 1.61. The Morgan fingerprint density at radius 3 is 2.44 bits per heavy atom. The quantitative estimate of drug-likeness (QED) is 0.847. The molecule has 18 heavy (non-hydrogen) atoms. The number of rotatable bonds is 4. The number of methoxy groups -OCH3 is 1. The first kappa shape index (κ1) is 12.9. The van der Waals surface area contributed by atoms with Crippen LogP contribution < -0.4 is 10.5 Å². The molecule has 1 saturated heterocycles. The van der Waals surface area contributed by atoms with Gasteiger partial charge < -0.3 is 15.2 Å². The molecule has 1 heterocycles. The molecule has 2 rings (SSSR count). The lowest BCUT2D eigenvalue weighted by atomic mass is 10.0. The molecule has 0 spiro atoms. The Labute approximate surface area is 106 Å². The SMILES string of the molecule is COc1ccc([C@@H](C(N)=O)N2CCOCC2)cc1. The van der Waals surface area contributed by atoms with Gasteiger partial charge in [-0.05, 0) is 17.7 Å². The Balaban J connectivity index is 2.20. The number of carbonyl (C=O) groups is 1. The zero-order chi connectivity index (χ0) is 13.0. The highest BCUT2D eigenvalue weighted by Crippen LogP contribution is 2.23. The van der Waals surface area contributed by atoms with E-state index in [1.807, 2.05) is 29.2 Å². The van der Waals surface area contributed by atoms with Crippen LogP contribution in [0.15, 0.2) is 24.3 Å². The zero-order valence-electron chi connectivity index (χ0n) is 10.5. The van der Waals surface area contributed by atoms with Gasteiger partial charge in [0.2, 0.25) is 5.91 Å². The van der Waals surface area contributed by atoms with E-state index in [0.717, 1.165) is 24.4 Å². The lowest BCUT2D eigenvalue weighted by Crippen LogP contribution is -2.44. The standard InChI is InChI=1S/C13H18N2O3/c1-17-11-4-2-10(3-5-11)12(13(14)16)15-6-8-18-9-7-15/h2-5,12H,6-9H2,1H3,(H2,14,16)/t12-/m0/s1. The highest BCUT2D eigenvalue weighted by atomic mass is 16.5. The van der Waals surface area contributed by atoms with Crippen LogP contribution in [-0.2, 0) is 9.53 Å². The Bertz CT molecular complexity index is 399. The highest BCUT2D eigenvalue weighted by molar-refractivity contribution is 5.81. The summed E-state index contributed by atoms with van der Waals surface area (Å²) in [5.41, 5.74) is 6.41. The van der Waals surface area contributed by atoms with Crippen molar-refractivity contribution in [3.05, 3.63) is 29.8 Å². The molecular formula is C13H18N2O3. The van der Waals surface area contributed by atoms with E-state index >= 15 is 0 Å². The predicted octanol–water partition coefficient (Wildman–Crippen LogP) is 0.554. The van der Waals surface area contributed by atoms with Crippen molar-refractivity contribution < 1.29 is 14.3 Å². The third kappa shape index (κ3) is 2.80. The molecule has 1 aromatic rings. The van der Waals surface area contributed by atoms with Gasteiger partial charge in [-0.15, -0.1) is 0 Å². The largest absolute Gasteiger partial charge is 0.497 e. The minimum Gasteiger partial charge on any atom is -0.497 e. The zero-order valence-corrected chi connectivity index (χ0v) is 10.5. The maximum atomic E-state index is 11.7. The van der Waals surface area contributed by atoms with Crippen LogP contribution in [0.2, 0.25) is 0 Å². The molecule has 5 nitrogen and oxygen atoms in total. The van der Waals surface area contributed by atoms with Gasteiger partial charge in [-0.2, -0.15) is 0 Å². The van der Waals surface area contributed by atoms with E-state index < -0.39 is 0 Å². The van der Waals surface area contributed by atoms with Gasteiger partial charge in [0.1, 0.15) is 11.8 Å². The fourth-order valence-corrected chi connectivity index (χ4v) is 2.18. The van der Waals surface area contributed by atoms with E-state index in [-0.39, 0.29) is 11.9 Å². The van der Waals surface area contributed by atoms with Crippen molar-refractivity contribution in [3.8, 4) is 5.75 Å². The molecule has 1 fully saturated rings. The van der Waals surface area contributed by atoms with Crippen molar-refractivity contribution >= 4 is 5.91 Å². The fraction of sp³-hybridized carbons (Fsp3) is 0.462. The van der Waals surface area contributed by atoms with E-state index in [1.54, 1.807) is 7.11 Å². The van der Waals surface area contributed by atoms with Crippen LogP contribution in [0.4, 0.5) is 0 Å². The summed E-state index contributed by atoms with van der Waals surface area (Å²) in [5, 5.41) is 0. The van der Waals surface area contributed by atoms with Crippen molar-refractivity contribution in [2.45, 2.75) is 6.04 Å². The molecule has 0 aromatic heterocycles. The number of hydrogen-bond acceptors (Lipinski definition) is 4. The second kappa shape index (κ2) is 5.84. The van der Waals surface area contributed by atoms with E-state index in [2.05, 4.69) is 0 Å². The van der Waals surface area contributed by atoms with Crippen LogP contribution in [0.3, 0.4) is 0 Å². The van der Waals surface area contributed by atoms with E-state index in [9.17, 15) is 4.79 Å². The average Bonchev–Trinajstić information content (AvgIpc) is 2.40. The number of nitrogens with two attached hydrogens (primary N) is 1. The number of morpholine rings is 1. The van der Waals surface area contributed by atoms with Gasteiger partial charge in [0.05, 0.1) is 20.3 Å². The number of nitrogens with zero attached hydrogens (tertiary/aromatic N) is 1. The number of benzene rings is 1. The molecule has 0 saturated carbocycles. The minimum absolute atomic E-state index is 0.331. The third-order valence-electron chi connectivity index (χ3n) is 3.11. The number of carbonyl (C=O) groups excluding carboxylic acids is 1. The van der Waals surface area contributed by atoms with E-state index in [0.29, 0.717) is 13.2 Å². The lowest BCUT2D eigenvalue weighted by Gasteiger charge is -2.32. The van der Waals surface area contributed by atoms with Gasteiger partial charge in [-0.25, -0.2) is 0 Å². The van der Waals surface area contributed by atoms with Crippen LogP contribution in [0.5, 0.6) is 5.75 Å². The topological polar surface area (TPSA) is 64.8 Å². The first-order valence-electron chi connectivity index (χ1n) is 5.97. The maximum absolute atomic E-state index is 11.7. The molecule has 1 aliphatic heterocycles. The molecule has 0 unspecified atom stereocenters. The molecule has 1 aliphatic rings. The van der Waals surface area contributed by atoms with Crippen LogP contribution in [0.1, 0.15) is 11.6 Å². The highest BCUT2D eigenvalue weighted by Gasteiger charge is 2.27. The number of hydrogen-bond donors (Lipinski definition) is 1. The summed E-state index contributed by atoms with van der Waals surface area (Å²) >= 11 is 0. The molecule has 0 aliphatic carbocycles. The smallest absolute Gasteiger partial charge is 0.239 e. The fourth-order valence-electron chi connectivity index (χ4n) is 2.18. The van der Waals surface area contributed by atoms with Gasteiger partial charge in [0.25, 0.3) is 0 Å². The first-order chi connectivity index (χ1) is 8.72. The van der Waals surface area contributed by atoms with Crippen molar-refractivity contribution in [2.75, 3.05) is 33.4 Å². The second-order valence-corrected chi connectivity index (χ2v) is 4.23. The molecule has 1 amide bonds.